The standard InChI is InChI=1S/C35H58N7O17P3S/c1-4-5-6-7-8-9-10-11-12-13-14-15-26(44)63-19-18-37-25(43)16-17-38-33(47)30(46)35(2,3)21-56-62(53,54)59-61(51,52)55-20-24-29(58-60(48,49)50)28(45)34(57-24)42-23-41-27-31(36)39-22-40-32(27)42/h12-15,22-24,28-30,34,45-46H,4-11,16-21H2,1-3H3,(H,37,43)(H,38,47)(H,51,52)(H,53,54)(H2,36,39,40)(H2,48,49,50)/b13-12+,15-14+/t24-,28-,29-,30+,34-/m1/s1. The van der Waals surface area contributed by atoms with Gasteiger partial charge in [-0.3, -0.25) is 32.5 Å². The molecule has 1 fully saturated rings. The number of allylic oxidation sites excluding steroid dienone is 3. The lowest BCUT2D eigenvalue weighted by Crippen LogP contribution is -2.46. The summed E-state index contributed by atoms with van der Waals surface area (Å²) in [5.74, 6) is -1.14. The summed E-state index contributed by atoms with van der Waals surface area (Å²) in [6.45, 7) is 2.67. The van der Waals surface area contributed by atoms with Gasteiger partial charge in [0.1, 0.15) is 36.3 Å². The summed E-state index contributed by atoms with van der Waals surface area (Å²) in [4.78, 5) is 88.0. The number of hydrogen-bond donors (Lipinski definition) is 9. The molecule has 0 spiro atoms. The molecule has 2 unspecified atom stereocenters. The Morgan fingerprint density at radius 2 is 1.67 bits per heavy atom. The van der Waals surface area contributed by atoms with Crippen LogP contribution >= 0.6 is 35.2 Å². The van der Waals surface area contributed by atoms with E-state index in [9.17, 15) is 57.9 Å². The van der Waals surface area contributed by atoms with Gasteiger partial charge >= 0.3 is 23.5 Å². The Bertz CT molecular complexity index is 2020. The third-order valence-electron chi connectivity index (χ3n) is 9.20. The molecule has 28 heteroatoms. The minimum absolute atomic E-state index is 0.0306. The Balaban J connectivity index is 1.38. The van der Waals surface area contributed by atoms with Gasteiger partial charge in [-0.1, -0.05) is 89.3 Å². The van der Waals surface area contributed by atoms with Crippen molar-refractivity contribution in [3.05, 3.63) is 37.0 Å². The number of rotatable bonds is 29. The minimum atomic E-state index is -5.58. The molecular formula is C35H58N7O17P3S. The lowest BCUT2D eigenvalue weighted by atomic mass is 9.87. The molecule has 63 heavy (non-hydrogen) atoms. The Hall–Kier alpha value is -2.96. The highest BCUT2D eigenvalue weighted by atomic mass is 32.2. The summed E-state index contributed by atoms with van der Waals surface area (Å²) in [6, 6.07) is 0. The van der Waals surface area contributed by atoms with Crippen molar-refractivity contribution in [1.82, 2.24) is 30.2 Å². The molecular weight excluding hydrogens is 915 g/mol. The van der Waals surface area contributed by atoms with Gasteiger partial charge in [0.15, 0.2) is 17.7 Å². The van der Waals surface area contributed by atoms with Gasteiger partial charge in [-0.05, 0) is 18.9 Å². The molecule has 356 valence electrons. The average Bonchev–Trinajstić information content (AvgIpc) is 3.76. The molecule has 0 aliphatic carbocycles. The molecule has 1 aliphatic heterocycles. The lowest BCUT2D eigenvalue weighted by Gasteiger charge is -2.30. The number of phosphoric ester groups is 3. The summed E-state index contributed by atoms with van der Waals surface area (Å²) in [5.41, 5.74) is 4.27. The number of hydrogen-bond acceptors (Lipinski definition) is 18. The normalized spacial score (nSPS) is 20.8. The van der Waals surface area contributed by atoms with Crippen molar-refractivity contribution >= 4 is 69.1 Å². The number of imidazole rings is 1. The number of thioether (sulfide) groups is 1. The minimum Gasteiger partial charge on any atom is -0.386 e. The van der Waals surface area contributed by atoms with Crippen LogP contribution in [0.25, 0.3) is 11.2 Å². The molecule has 1 aliphatic rings. The van der Waals surface area contributed by atoms with Crippen molar-refractivity contribution < 1.29 is 80.5 Å². The number of carbonyl (C=O) groups is 3. The van der Waals surface area contributed by atoms with E-state index in [0.717, 1.165) is 41.8 Å². The SMILES string of the molecule is CCCCCCCCC/C=C/C=C/C(=O)SCCNC(=O)CCNC(=O)[C@H](O)C(C)(C)COP(=O)(O)OP(=O)(O)OC[C@H]1O[C@@H](n2cnc3c(N)ncnc32)[C@H](O)[C@@H]1OP(=O)(O)O. The first-order chi connectivity index (χ1) is 29.6. The zero-order valence-corrected chi connectivity index (χ0v) is 38.5. The highest BCUT2D eigenvalue weighted by Crippen LogP contribution is 2.61. The Kier molecular flexibility index (Phi) is 22.1. The summed E-state index contributed by atoms with van der Waals surface area (Å²) in [5, 5.41) is 26.3. The third kappa shape index (κ3) is 19.2. The maximum Gasteiger partial charge on any atom is 0.481 e. The molecule has 0 bridgehead atoms. The molecule has 0 aromatic carbocycles. The lowest BCUT2D eigenvalue weighted by molar-refractivity contribution is -0.137. The zero-order chi connectivity index (χ0) is 46.8. The van der Waals surface area contributed by atoms with E-state index in [4.69, 9.17) is 19.5 Å². The molecule has 0 saturated carbocycles. The first kappa shape index (κ1) is 54.4. The van der Waals surface area contributed by atoms with Crippen molar-refractivity contribution in [2.24, 2.45) is 5.41 Å². The van der Waals surface area contributed by atoms with Gasteiger partial charge in [0.25, 0.3) is 0 Å². The van der Waals surface area contributed by atoms with E-state index in [0.29, 0.717) is 5.75 Å². The van der Waals surface area contributed by atoms with Crippen LogP contribution in [0.3, 0.4) is 0 Å². The number of nitrogen functional groups attached to an aromatic ring is 1. The number of amides is 2. The maximum atomic E-state index is 12.7. The smallest absolute Gasteiger partial charge is 0.386 e. The summed E-state index contributed by atoms with van der Waals surface area (Å²) in [7, 11) is -16.4. The van der Waals surface area contributed by atoms with Gasteiger partial charge in [0.05, 0.1) is 19.5 Å². The van der Waals surface area contributed by atoms with Gasteiger partial charge in [-0.15, -0.1) is 0 Å². The van der Waals surface area contributed by atoms with Crippen LogP contribution in [-0.2, 0) is 50.7 Å². The fraction of sp³-hybridized carbons (Fsp3) is 0.657. The zero-order valence-electron chi connectivity index (χ0n) is 35.0. The number of fused-ring (bicyclic) bond motifs is 1. The van der Waals surface area contributed by atoms with Gasteiger partial charge in [-0.2, -0.15) is 4.31 Å². The second-order valence-corrected chi connectivity index (χ2v) is 20.3. The number of ether oxygens (including phenoxy) is 1. The van der Waals surface area contributed by atoms with Crippen molar-refractivity contribution in [1.29, 1.82) is 0 Å². The van der Waals surface area contributed by atoms with Crippen LogP contribution in [0.2, 0.25) is 0 Å². The Morgan fingerprint density at radius 3 is 2.37 bits per heavy atom. The molecule has 0 radical (unpaired) electrons. The predicted octanol–water partition coefficient (Wildman–Crippen LogP) is 2.92. The number of anilines is 1. The molecule has 3 heterocycles. The van der Waals surface area contributed by atoms with E-state index in [2.05, 4.69) is 41.3 Å². The van der Waals surface area contributed by atoms with E-state index >= 15 is 0 Å². The topological polar surface area (TPSA) is 364 Å². The molecule has 3 rings (SSSR count). The van der Waals surface area contributed by atoms with Gasteiger partial charge in [0.2, 0.25) is 16.9 Å². The molecule has 2 aromatic rings. The molecule has 7 atom stereocenters. The van der Waals surface area contributed by atoms with Crippen LogP contribution in [0.1, 0.15) is 84.8 Å². The summed E-state index contributed by atoms with van der Waals surface area (Å²) < 4.78 is 62.3. The number of aliphatic hydroxyl groups is 2. The van der Waals surface area contributed by atoms with Crippen LogP contribution < -0.4 is 16.4 Å². The van der Waals surface area contributed by atoms with E-state index < -0.39 is 84.6 Å². The molecule has 2 amide bonds. The van der Waals surface area contributed by atoms with Crippen molar-refractivity contribution in [3.63, 3.8) is 0 Å². The summed E-state index contributed by atoms with van der Waals surface area (Å²) in [6.07, 6.45) is 9.66. The van der Waals surface area contributed by atoms with E-state index in [1.165, 1.54) is 58.4 Å². The molecule has 1 saturated heterocycles. The van der Waals surface area contributed by atoms with Crippen molar-refractivity contribution in [2.45, 2.75) is 109 Å². The predicted molar refractivity (Wildman–Crippen MR) is 228 cm³/mol. The van der Waals surface area contributed by atoms with Crippen molar-refractivity contribution in [3.8, 4) is 0 Å². The first-order valence-electron chi connectivity index (χ1n) is 19.9. The van der Waals surface area contributed by atoms with Gasteiger partial charge in [-0.25, -0.2) is 28.6 Å². The number of aromatic nitrogens is 4. The largest absolute Gasteiger partial charge is 0.481 e. The average molecular weight is 974 g/mol. The maximum absolute atomic E-state index is 12.7. The number of nitrogens with two attached hydrogens (primary N) is 1. The monoisotopic (exact) mass is 973 g/mol. The second kappa shape index (κ2) is 25.7. The Morgan fingerprint density at radius 1 is 0.984 bits per heavy atom. The van der Waals surface area contributed by atoms with Crippen LogP contribution in [0, 0.1) is 5.41 Å². The number of phosphoric acid groups is 3. The van der Waals surface area contributed by atoms with E-state index in [1.807, 2.05) is 12.2 Å². The molecule has 2 aromatic heterocycles. The van der Waals surface area contributed by atoms with Crippen LogP contribution in [0.5, 0.6) is 0 Å². The van der Waals surface area contributed by atoms with Crippen LogP contribution in [-0.4, -0.2) is 123 Å². The highest BCUT2D eigenvalue weighted by molar-refractivity contribution is 8.14. The second-order valence-electron chi connectivity index (χ2n) is 14.9. The first-order valence-corrected chi connectivity index (χ1v) is 25.5. The number of unbranched alkanes of at least 4 members (excludes halogenated alkanes) is 7. The van der Waals surface area contributed by atoms with Crippen LogP contribution in [0.15, 0.2) is 37.0 Å². The number of aliphatic hydroxyl groups excluding tert-OH is 2. The van der Waals surface area contributed by atoms with Crippen molar-refractivity contribution in [2.75, 3.05) is 37.8 Å². The quantitative estimate of drug-likeness (QED) is 0.0245. The molecule has 24 nitrogen and oxygen atoms in total. The molecule has 10 N–H and O–H groups in total. The van der Waals surface area contributed by atoms with Crippen LogP contribution in [0.4, 0.5) is 5.82 Å². The Labute approximate surface area is 368 Å². The highest BCUT2D eigenvalue weighted by Gasteiger charge is 2.50. The number of nitrogens with one attached hydrogen (secondary N) is 2. The summed E-state index contributed by atoms with van der Waals surface area (Å²) >= 11 is 1.03. The van der Waals surface area contributed by atoms with Gasteiger partial charge < -0.3 is 50.9 Å². The van der Waals surface area contributed by atoms with Gasteiger partial charge in [0, 0.05) is 30.7 Å². The van der Waals surface area contributed by atoms with E-state index in [-0.39, 0.29) is 41.6 Å². The number of carbonyl (C=O) groups excluding carboxylic acids is 3. The van der Waals surface area contributed by atoms with E-state index in [1.54, 1.807) is 6.08 Å². The number of nitrogens with zero attached hydrogens (tertiary/aromatic N) is 4. The fourth-order valence-corrected chi connectivity index (χ4v) is 9.27. The fourth-order valence-electron chi connectivity index (χ4n) is 5.86. The third-order valence-corrected chi connectivity index (χ3v) is 13.1.